The van der Waals surface area contributed by atoms with Gasteiger partial charge in [-0.1, -0.05) is 0 Å². The number of amides is 1. The van der Waals surface area contributed by atoms with Crippen molar-refractivity contribution >= 4 is 27.8 Å². The predicted molar refractivity (Wildman–Crippen MR) is 134 cm³/mol. The summed E-state index contributed by atoms with van der Waals surface area (Å²) in [5.74, 6) is -2.36. The summed E-state index contributed by atoms with van der Waals surface area (Å²) in [5.41, 5.74) is -1.80. The molecule has 40 heavy (non-hydrogen) atoms. The molecule has 1 saturated heterocycles. The fourth-order valence-corrected chi connectivity index (χ4v) is 5.95. The molecule has 0 spiro atoms. The van der Waals surface area contributed by atoms with Crippen molar-refractivity contribution in [2.45, 2.75) is 50.2 Å². The van der Waals surface area contributed by atoms with Crippen LogP contribution in [-0.4, -0.2) is 57.7 Å². The number of benzene rings is 2. The molecule has 0 N–H and O–H groups in total. The number of nitrogens with zero attached hydrogens (tertiary/aromatic N) is 2. The highest BCUT2D eigenvalue weighted by atomic mass is 32.2. The van der Waals surface area contributed by atoms with Gasteiger partial charge in [0, 0.05) is 25.6 Å². The number of carbonyl (C=O) groups excluding carboxylic acids is 2. The first kappa shape index (κ1) is 31.1. The molecule has 3 rings (SSSR count). The second-order valence-electron chi connectivity index (χ2n) is 9.28. The van der Waals surface area contributed by atoms with E-state index >= 15 is 0 Å². The molecule has 2 aromatic rings. The van der Waals surface area contributed by atoms with Crippen LogP contribution in [0.15, 0.2) is 47.4 Å². The first-order valence-corrected chi connectivity index (χ1v) is 13.9. The number of hydrogen-bond acceptors (Lipinski definition) is 6. The number of likely N-dealkylation sites (tertiary alicyclic amines) is 1. The molecule has 220 valence electrons. The molecule has 0 radical (unpaired) electrons. The van der Waals surface area contributed by atoms with Crippen LogP contribution in [-0.2, 0) is 30.5 Å². The summed E-state index contributed by atoms with van der Waals surface area (Å²) in [6.45, 7) is 3.25. The summed E-state index contributed by atoms with van der Waals surface area (Å²) in [6.07, 6.45) is -4.22. The van der Waals surface area contributed by atoms with Crippen molar-refractivity contribution in [1.29, 1.82) is 0 Å². The van der Waals surface area contributed by atoms with Crippen LogP contribution in [0.4, 0.5) is 32.4 Å². The molecule has 0 unspecified atom stereocenters. The third kappa shape index (κ3) is 7.61. The Morgan fingerprint density at radius 1 is 1.05 bits per heavy atom. The van der Waals surface area contributed by atoms with Gasteiger partial charge in [0.15, 0.2) is 0 Å². The lowest BCUT2D eigenvalue weighted by atomic mass is 9.94. The van der Waals surface area contributed by atoms with Crippen LogP contribution in [0.25, 0.3) is 0 Å². The predicted octanol–water partition coefficient (Wildman–Crippen LogP) is 5.37. The lowest BCUT2D eigenvalue weighted by Gasteiger charge is -2.33. The lowest BCUT2D eigenvalue weighted by Crippen LogP contribution is -2.44. The van der Waals surface area contributed by atoms with Crippen LogP contribution in [0.5, 0.6) is 0 Å². The van der Waals surface area contributed by atoms with Crippen molar-refractivity contribution in [3.8, 4) is 0 Å². The zero-order valence-electron chi connectivity index (χ0n) is 21.8. The van der Waals surface area contributed by atoms with Gasteiger partial charge in [-0.05, 0) is 69.0 Å². The van der Waals surface area contributed by atoms with Gasteiger partial charge in [0.05, 0.1) is 28.8 Å². The molecular formula is C26H29F5N2O6S. The zero-order chi connectivity index (χ0) is 29.7. The number of rotatable bonds is 9. The highest BCUT2D eigenvalue weighted by Crippen LogP contribution is 2.33. The summed E-state index contributed by atoms with van der Waals surface area (Å²) in [5, 5.41) is 0. The summed E-state index contributed by atoms with van der Waals surface area (Å²) in [7, 11) is -4.74. The van der Waals surface area contributed by atoms with Crippen molar-refractivity contribution in [2.24, 2.45) is 5.92 Å². The molecular weight excluding hydrogens is 563 g/mol. The van der Waals surface area contributed by atoms with Gasteiger partial charge in [-0.15, -0.1) is 0 Å². The molecule has 0 aromatic heterocycles. The molecule has 0 saturated carbocycles. The highest BCUT2D eigenvalue weighted by Gasteiger charge is 2.35. The van der Waals surface area contributed by atoms with Gasteiger partial charge in [0.1, 0.15) is 18.2 Å². The standard InChI is InChI=1S/C26H29F5N2O6S/c1-3-38-24(34)14-18-10-12-32(13-11-18)25(35)39-16-17(2)33(23-15-20(27)6-9-22(23)28)40(36,37)21-7-4-19(5-8-21)26(29,30)31/h4-9,15,17-18H,3,10-14,16H2,1-2H3/t17-/m1/s1. The van der Waals surface area contributed by atoms with E-state index in [1.807, 2.05) is 0 Å². The van der Waals surface area contributed by atoms with E-state index in [1.54, 1.807) is 6.92 Å². The highest BCUT2D eigenvalue weighted by molar-refractivity contribution is 7.92. The fourth-order valence-electron chi connectivity index (χ4n) is 4.31. The summed E-state index contributed by atoms with van der Waals surface area (Å²) < 4.78 is 105. The van der Waals surface area contributed by atoms with Gasteiger partial charge < -0.3 is 14.4 Å². The Hall–Kier alpha value is -3.42. The molecule has 1 heterocycles. The minimum Gasteiger partial charge on any atom is -0.466 e. The quantitative estimate of drug-likeness (QED) is 0.287. The third-order valence-electron chi connectivity index (χ3n) is 6.37. The van der Waals surface area contributed by atoms with E-state index < -0.39 is 62.7 Å². The lowest BCUT2D eigenvalue weighted by molar-refractivity contribution is -0.144. The Morgan fingerprint density at radius 3 is 2.25 bits per heavy atom. The van der Waals surface area contributed by atoms with Crippen molar-refractivity contribution in [3.05, 3.63) is 59.7 Å². The van der Waals surface area contributed by atoms with E-state index in [9.17, 15) is 40.0 Å². The second-order valence-corrected chi connectivity index (χ2v) is 11.1. The van der Waals surface area contributed by atoms with Crippen LogP contribution in [0.1, 0.15) is 38.7 Å². The maximum absolute atomic E-state index is 14.7. The molecule has 1 atom stereocenters. The average Bonchev–Trinajstić information content (AvgIpc) is 2.89. The Kier molecular flexibility index (Phi) is 9.98. The number of anilines is 1. The van der Waals surface area contributed by atoms with Gasteiger partial charge >= 0.3 is 18.2 Å². The Labute approximate surface area is 228 Å². The number of piperidine rings is 1. The summed E-state index contributed by atoms with van der Waals surface area (Å²) >= 11 is 0. The van der Waals surface area contributed by atoms with Gasteiger partial charge in [0.25, 0.3) is 10.0 Å². The smallest absolute Gasteiger partial charge is 0.416 e. The molecule has 8 nitrogen and oxygen atoms in total. The van der Waals surface area contributed by atoms with Crippen molar-refractivity contribution < 1.29 is 49.4 Å². The van der Waals surface area contributed by atoms with E-state index in [1.165, 1.54) is 11.8 Å². The van der Waals surface area contributed by atoms with Crippen molar-refractivity contribution in [3.63, 3.8) is 0 Å². The normalized spacial score (nSPS) is 15.4. The van der Waals surface area contributed by atoms with Crippen molar-refractivity contribution in [2.75, 3.05) is 30.6 Å². The van der Waals surface area contributed by atoms with Crippen LogP contribution < -0.4 is 4.31 Å². The molecule has 1 fully saturated rings. The van der Waals surface area contributed by atoms with E-state index in [2.05, 4.69) is 0 Å². The topological polar surface area (TPSA) is 93.2 Å². The van der Waals surface area contributed by atoms with Gasteiger partial charge in [-0.25, -0.2) is 22.0 Å². The third-order valence-corrected chi connectivity index (χ3v) is 8.31. The number of esters is 1. The fraction of sp³-hybridized carbons (Fsp3) is 0.462. The average molecular weight is 593 g/mol. The first-order valence-electron chi connectivity index (χ1n) is 12.5. The molecule has 1 aliphatic rings. The maximum atomic E-state index is 14.7. The number of alkyl halides is 3. The van der Waals surface area contributed by atoms with Crippen LogP contribution >= 0.6 is 0 Å². The first-order chi connectivity index (χ1) is 18.7. The van der Waals surface area contributed by atoms with E-state index in [0.29, 0.717) is 53.5 Å². The molecule has 2 aromatic carbocycles. The Bertz CT molecular complexity index is 1300. The monoisotopic (exact) mass is 592 g/mol. The van der Waals surface area contributed by atoms with Gasteiger partial charge in [0.2, 0.25) is 0 Å². The molecule has 0 aliphatic carbocycles. The van der Waals surface area contributed by atoms with E-state index in [-0.39, 0.29) is 38.0 Å². The maximum Gasteiger partial charge on any atom is 0.416 e. The summed E-state index contributed by atoms with van der Waals surface area (Å²) in [4.78, 5) is 25.1. The molecule has 0 bridgehead atoms. The Balaban J connectivity index is 1.76. The number of ether oxygens (including phenoxy) is 2. The number of hydrogen-bond donors (Lipinski definition) is 0. The SMILES string of the molecule is CCOC(=O)CC1CCN(C(=O)OC[C@@H](C)N(c2cc(F)ccc2F)S(=O)(=O)c2ccc(C(F)(F)F)cc2)CC1. The second kappa shape index (κ2) is 12.8. The van der Waals surface area contributed by atoms with E-state index in [0.717, 1.165) is 6.07 Å². The van der Waals surface area contributed by atoms with Gasteiger partial charge in [-0.2, -0.15) is 13.2 Å². The Morgan fingerprint density at radius 2 is 1.68 bits per heavy atom. The minimum absolute atomic E-state index is 0.0299. The number of sulfonamides is 1. The minimum atomic E-state index is -4.74. The van der Waals surface area contributed by atoms with Crippen LogP contribution in [0, 0.1) is 17.6 Å². The van der Waals surface area contributed by atoms with E-state index in [4.69, 9.17) is 9.47 Å². The van der Waals surface area contributed by atoms with Crippen LogP contribution in [0.3, 0.4) is 0 Å². The van der Waals surface area contributed by atoms with Crippen molar-refractivity contribution in [1.82, 2.24) is 4.90 Å². The number of halogens is 5. The number of carbonyl (C=O) groups is 2. The zero-order valence-corrected chi connectivity index (χ0v) is 22.6. The van der Waals surface area contributed by atoms with Crippen LogP contribution in [0.2, 0.25) is 0 Å². The molecule has 1 aliphatic heterocycles. The summed E-state index contributed by atoms with van der Waals surface area (Å²) in [6, 6.07) is 3.37. The van der Waals surface area contributed by atoms with Gasteiger partial charge in [-0.3, -0.25) is 9.10 Å². The molecule has 14 heteroatoms. The largest absolute Gasteiger partial charge is 0.466 e. The molecule has 1 amide bonds.